The SMILES string of the molecule is CC(=O)O[C@H]1CC[C@@]2(C)[C@@H](CC[C@]3(C)[C@@H]2C(=O)C=C2[C@@H]4C[C@@](C)(C(=O)O)CC[C@]4(C)CC[C@]23C)[C@]1(C)C(=O)OCc1oc(=O)oc1C(C)C. The number of ether oxygens (including phenoxy) is 2. The van der Waals surface area contributed by atoms with Crippen LogP contribution in [0.5, 0.6) is 0 Å². The zero-order valence-corrected chi connectivity index (χ0v) is 30.7. The molecule has 6 rings (SSSR count). The van der Waals surface area contributed by atoms with Crippen LogP contribution in [0.1, 0.15) is 138 Å². The predicted molar refractivity (Wildman–Crippen MR) is 178 cm³/mol. The van der Waals surface area contributed by atoms with Gasteiger partial charge in [0, 0.05) is 18.8 Å². The van der Waals surface area contributed by atoms with E-state index in [1.54, 1.807) is 6.92 Å². The molecule has 4 saturated carbocycles. The second-order valence-corrected chi connectivity index (χ2v) is 18.0. The minimum atomic E-state index is -1.27. The van der Waals surface area contributed by atoms with Crippen molar-refractivity contribution in [3.63, 3.8) is 0 Å². The van der Waals surface area contributed by atoms with Crippen LogP contribution >= 0.6 is 0 Å². The van der Waals surface area contributed by atoms with Crippen LogP contribution in [0.4, 0.5) is 0 Å². The first kappa shape index (κ1) is 35.6. The largest absolute Gasteiger partial charge is 0.519 e. The predicted octanol–water partition coefficient (Wildman–Crippen LogP) is 7.38. The fourth-order valence-electron chi connectivity index (χ4n) is 11.8. The first-order valence-electron chi connectivity index (χ1n) is 18.1. The Morgan fingerprint density at radius 2 is 1.61 bits per heavy atom. The zero-order valence-electron chi connectivity index (χ0n) is 30.7. The number of carbonyl (C=O) groups is 4. The molecule has 0 saturated heterocycles. The Morgan fingerprint density at radius 1 is 0.939 bits per heavy atom. The Kier molecular flexibility index (Phi) is 8.31. The van der Waals surface area contributed by atoms with E-state index in [-0.39, 0.29) is 46.7 Å². The third-order valence-electron chi connectivity index (χ3n) is 15.0. The van der Waals surface area contributed by atoms with Crippen molar-refractivity contribution < 1.29 is 42.6 Å². The third kappa shape index (κ3) is 5.03. The topological polar surface area (TPSA) is 150 Å². The highest BCUT2D eigenvalue weighted by Crippen LogP contribution is 2.75. The van der Waals surface area contributed by atoms with Gasteiger partial charge in [-0.1, -0.05) is 47.1 Å². The van der Waals surface area contributed by atoms with Gasteiger partial charge in [-0.2, -0.15) is 0 Å². The lowest BCUT2D eigenvalue weighted by molar-refractivity contribution is -0.224. The summed E-state index contributed by atoms with van der Waals surface area (Å²) in [4.78, 5) is 65.9. The molecule has 4 fully saturated rings. The number of allylic oxidation sites excluding steroid dienone is 2. The molecule has 1 aromatic rings. The highest BCUT2D eigenvalue weighted by atomic mass is 16.6. The standard InChI is InChI=1S/C39H54O10/c1-21(2)29-26(48-33(45)49-29)20-46-32(44)39(9)27-10-13-38(8)30(36(27,6)12-11-28(39)47-22(3)40)25(41)18-23-24-19-35(5,31(42)43)15-14-34(24,4)16-17-37(23,38)7/h18,21,24,27-28,30H,10-17,19-20H2,1-9H3,(H,42,43)/t24-,27+,28-,30+,34+,35-,36-,37+,38+,39-/m0/s1. The smallest absolute Gasteiger partial charge is 0.481 e. The van der Waals surface area contributed by atoms with Crippen LogP contribution in [0.2, 0.25) is 0 Å². The number of rotatable bonds is 6. The summed E-state index contributed by atoms with van der Waals surface area (Å²) < 4.78 is 22.2. The molecular weight excluding hydrogens is 628 g/mol. The van der Waals surface area contributed by atoms with Gasteiger partial charge in [-0.25, -0.2) is 4.79 Å². The van der Waals surface area contributed by atoms with Gasteiger partial charge in [0.1, 0.15) is 11.5 Å². The van der Waals surface area contributed by atoms with Crippen LogP contribution in [0.15, 0.2) is 25.3 Å². The van der Waals surface area contributed by atoms with Crippen molar-refractivity contribution >= 4 is 23.7 Å². The van der Waals surface area contributed by atoms with Crippen LogP contribution < -0.4 is 5.82 Å². The van der Waals surface area contributed by atoms with E-state index in [1.165, 1.54) is 6.92 Å². The summed E-state index contributed by atoms with van der Waals surface area (Å²) in [5.41, 5.74) is -2.41. The summed E-state index contributed by atoms with van der Waals surface area (Å²) in [6.45, 7) is 17.4. The van der Waals surface area contributed by atoms with Crippen LogP contribution in [0, 0.1) is 50.2 Å². The average Bonchev–Trinajstić information content (AvgIpc) is 3.39. The number of aliphatic carboxylic acids is 1. The summed E-state index contributed by atoms with van der Waals surface area (Å²) in [7, 11) is 0. The Labute approximate surface area is 288 Å². The summed E-state index contributed by atoms with van der Waals surface area (Å²) in [6.07, 6.45) is 7.28. The van der Waals surface area contributed by atoms with Gasteiger partial charge in [0.05, 0.1) is 5.41 Å². The highest BCUT2D eigenvalue weighted by molar-refractivity contribution is 5.96. The summed E-state index contributed by atoms with van der Waals surface area (Å²) in [6, 6.07) is 0. The van der Waals surface area contributed by atoms with Gasteiger partial charge in [-0.3, -0.25) is 19.2 Å². The number of fused-ring (bicyclic) bond motifs is 7. The Balaban J connectivity index is 1.39. The number of hydrogen-bond acceptors (Lipinski definition) is 9. The van der Waals surface area contributed by atoms with E-state index >= 15 is 0 Å². The molecule has 10 heteroatoms. The number of hydrogen-bond donors (Lipinski definition) is 1. The summed E-state index contributed by atoms with van der Waals surface area (Å²) in [5, 5.41) is 10.2. The van der Waals surface area contributed by atoms with E-state index in [2.05, 4.69) is 27.7 Å². The van der Waals surface area contributed by atoms with Gasteiger partial charge in [-0.05, 0) is 111 Å². The molecule has 0 aliphatic heterocycles. The molecule has 10 atom stereocenters. The maximum Gasteiger partial charge on any atom is 0.519 e. The van der Waals surface area contributed by atoms with Crippen LogP contribution in [0.25, 0.3) is 0 Å². The molecule has 49 heavy (non-hydrogen) atoms. The molecule has 1 aromatic heterocycles. The number of carboxylic acids is 1. The molecule has 0 amide bonds. The first-order valence-corrected chi connectivity index (χ1v) is 18.1. The number of ketones is 1. The highest BCUT2D eigenvalue weighted by Gasteiger charge is 2.72. The van der Waals surface area contributed by atoms with E-state index in [4.69, 9.17) is 18.3 Å². The van der Waals surface area contributed by atoms with Crippen molar-refractivity contribution in [3.8, 4) is 0 Å². The molecule has 5 aliphatic rings. The van der Waals surface area contributed by atoms with Crippen molar-refractivity contribution in [2.45, 2.75) is 139 Å². The first-order chi connectivity index (χ1) is 22.7. The molecule has 270 valence electrons. The second-order valence-electron chi connectivity index (χ2n) is 18.0. The van der Waals surface area contributed by atoms with E-state index < -0.39 is 57.4 Å². The minimum Gasteiger partial charge on any atom is -0.481 e. The fourth-order valence-corrected chi connectivity index (χ4v) is 11.8. The lowest BCUT2D eigenvalue weighted by atomic mass is 9.33. The van der Waals surface area contributed by atoms with Crippen molar-refractivity contribution in [2.24, 2.45) is 50.2 Å². The Morgan fingerprint density at radius 3 is 2.24 bits per heavy atom. The van der Waals surface area contributed by atoms with Gasteiger partial charge >= 0.3 is 23.7 Å². The van der Waals surface area contributed by atoms with Gasteiger partial charge < -0.3 is 23.4 Å². The Bertz CT molecular complexity index is 1660. The lowest BCUT2D eigenvalue weighted by Crippen LogP contribution is -2.68. The van der Waals surface area contributed by atoms with E-state index in [1.807, 2.05) is 26.8 Å². The number of carboxylic acid groups (broad SMARTS) is 1. The molecule has 0 bridgehead atoms. The molecule has 1 heterocycles. The molecule has 5 aliphatic carbocycles. The molecule has 0 aromatic carbocycles. The van der Waals surface area contributed by atoms with Crippen molar-refractivity contribution in [1.82, 2.24) is 0 Å². The Hall–Kier alpha value is -3.17. The maximum atomic E-state index is 14.8. The quantitative estimate of drug-likeness (QED) is 0.301. The van der Waals surface area contributed by atoms with Crippen LogP contribution in [-0.4, -0.2) is 34.9 Å². The second kappa shape index (κ2) is 11.4. The minimum absolute atomic E-state index is 0.00648. The molecule has 0 radical (unpaired) electrons. The zero-order chi connectivity index (χ0) is 36.1. The van der Waals surface area contributed by atoms with Gasteiger partial charge in [0.2, 0.25) is 0 Å². The monoisotopic (exact) mass is 682 g/mol. The van der Waals surface area contributed by atoms with Crippen molar-refractivity contribution in [3.05, 3.63) is 33.8 Å². The molecular formula is C39H54O10. The summed E-state index contributed by atoms with van der Waals surface area (Å²) in [5.74, 6) is -3.07. The number of esters is 2. The molecule has 0 spiro atoms. The van der Waals surface area contributed by atoms with E-state index in [9.17, 15) is 29.1 Å². The van der Waals surface area contributed by atoms with Crippen LogP contribution in [0.3, 0.4) is 0 Å². The lowest BCUT2D eigenvalue weighted by Gasteiger charge is -2.70. The van der Waals surface area contributed by atoms with E-state index in [0.29, 0.717) is 44.3 Å². The molecule has 0 unspecified atom stereocenters. The third-order valence-corrected chi connectivity index (χ3v) is 15.0. The van der Waals surface area contributed by atoms with Gasteiger partial charge in [-0.15, -0.1) is 0 Å². The van der Waals surface area contributed by atoms with Crippen molar-refractivity contribution in [2.75, 3.05) is 0 Å². The van der Waals surface area contributed by atoms with Crippen molar-refractivity contribution in [1.29, 1.82) is 0 Å². The molecule has 10 nitrogen and oxygen atoms in total. The number of carbonyl (C=O) groups excluding carboxylic acids is 3. The van der Waals surface area contributed by atoms with Gasteiger partial charge in [0.25, 0.3) is 0 Å². The van der Waals surface area contributed by atoms with Crippen LogP contribution in [-0.2, 0) is 35.3 Å². The van der Waals surface area contributed by atoms with E-state index in [0.717, 1.165) is 24.8 Å². The summed E-state index contributed by atoms with van der Waals surface area (Å²) >= 11 is 0. The van der Waals surface area contributed by atoms with Gasteiger partial charge in [0.15, 0.2) is 23.9 Å². The fraction of sp³-hybridized carbons (Fsp3) is 0.769. The maximum absolute atomic E-state index is 14.8. The molecule has 1 N–H and O–H groups in total. The normalized spacial score (nSPS) is 43.0. The average molecular weight is 683 g/mol.